The molecular formula is C15H22F3NO. The zero-order chi connectivity index (χ0) is 15.0. The van der Waals surface area contributed by atoms with Crippen LogP contribution < -0.4 is 5.32 Å². The van der Waals surface area contributed by atoms with Crippen molar-refractivity contribution in [3.8, 4) is 0 Å². The van der Waals surface area contributed by atoms with Crippen LogP contribution in [0.4, 0.5) is 13.2 Å². The lowest BCUT2D eigenvalue weighted by Crippen LogP contribution is -2.23. The van der Waals surface area contributed by atoms with Crippen LogP contribution in [0.1, 0.15) is 43.9 Å². The third-order valence-corrected chi connectivity index (χ3v) is 3.04. The molecule has 0 aromatic heterocycles. The standard InChI is InChI=1S/C15H22F3NO/c1-3-10-19-14(9-11-20-4-2)12-5-7-13(8-6-12)15(16,17)18/h5-8,14,19H,3-4,9-11H2,1-2H3. The van der Waals surface area contributed by atoms with E-state index in [2.05, 4.69) is 12.2 Å². The van der Waals surface area contributed by atoms with Crippen molar-refractivity contribution >= 4 is 0 Å². The van der Waals surface area contributed by atoms with Gasteiger partial charge in [-0.3, -0.25) is 0 Å². The van der Waals surface area contributed by atoms with E-state index in [-0.39, 0.29) is 6.04 Å². The molecule has 114 valence electrons. The van der Waals surface area contributed by atoms with Gasteiger partial charge in [-0.2, -0.15) is 13.2 Å². The summed E-state index contributed by atoms with van der Waals surface area (Å²) in [6.07, 6.45) is -2.55. The second-order valence-corrected chi connectivity index (χ2v) is 4.61. The van der Waals surface area contributed by atoms with Crippen molar-refractivity contribution in [3.63, 3.8) is 0 Å². The van der Waals surface area contributed by atoms with Gasteiger partial charge in [-0.15, -0.1) is 0 Å². The Bertz CT molecular complexity index is 376. The lowest BCUT2D eigenvalue weighted by Gasteiger charge is -2.19. The van der Waals surface area contributed by atoms with Crippen LogP contribution in [-0.2, 0) is 10.9 Å². The monoisotopic (exact) mass is 289 g/mol. The van der Waals surface area contributed by atoms with Crippen LogP contribution in [0.25, 0.3) is 0 Å². The Balaban J connectivity index is 2.73. The molecule has 0 aliphatic rings. The van der Waals surface area contributed by atoms with Gasteiger partial charge in [-0.1, -0.05) is 19.1 Å². The lowest BCUT2D eigenvalue weighted by atomic mass is 10.0. The minimum Gasteiger partial charge on any atom is -0.382 e. The van der Waals surface area contributed by atoms with E-state index < -0.39 is 11.7 Å². The van der Waals surface area contributed by atoms with E-state index in [1.807, 2.05) is 6.92 Å². The summed E-state index contributed by atoms with van der Waals surface area (Å²) in [6.45, 7) is 6.05. The van der Waals surface area contributed by atoms with E-state index in [4.69, 9.17) is 4.74 Å². The molecule has 5 heteroatoms. The first-order chi connectivity index (χ1) is 9.49. The van der Waals surface area contributed by atoms with Crippen molar-refractivity contribution in [2.75, 3.05) is 19.8 Å². The fraction of sp³-hybridized carbons (Fsp3) is 0.600. The smallest absolute Gasteiger partial charge is 0.382 e. The van der Waals surface area contributed by atoms with Gasteiger partial charge in [-0.05, 0) is 44.0 Å². The molecule has 20 heavy (non-hydrogen) atoms. The molecule has 2 nitrogen and oxygen atoms in total. The highest BCUT2D eigenvalue weighted by molar-refractivity contribution is 5.26. The number of alkyl halides is 3. The minimum absolute atomic E-state index is 0.0313. The largest absolute Gasteiger partial charge is 0.416 e. The molecule has 0 bridgehead atoms. The summed E-state index contributed by atoms with van der Waals surface area (Å²) >= 11 is 0. The second-order valence-electron chi connectivity index (χ2n) is 4.61. The zero-order valence-electron chi connectivity index (χ0n) is 12.0. The Hall–Kier alpha value is -1.07. The molecule has 1 atom stereocenters. The molecule has 0 saturated carbocycles. The lowest BCUT2D eigenvalue weighted by molar-refractivity contribution is -0.137. The Morgan fingerprint density at radius 3 is 2.30 bits per heavy atom. The van der Waals surface area contributed by atoms with Crippen LogP contribution in [-0.4, -0.2) is 19.8 Å². The van der Waals surface area contributed by atoms with Crippen molar-refractivity contribution in [1.29, 1.82) is 0 Å². The predicted octanol–water partition coefficient (Wildman–Crippen LogP) is 4.17. The number of rotatable bonds is 8. The molecule has 0 amide bonds. The molecule has 0 spiro atoms. The second kappa shape index (κ2) is 8.27. The first-order valence-electron chi connectivity index (χ1n) is 6.97. The first kappa shape index (κ1) is 17.0. The molecule has 0 radical (unpaired) electrons. The van der Waals surface area contributed by atoms with Crippen molar-refractivity contribution in [2.24, 2.45) is 0 Å². The van der Waals surface area contributed by atoms with Gasteiger partial charge >= 0.3 is 6.18 Å². The van der Waals surface area contributed by atoms with Gasteiger partial charge in [0.1, 0.15) is 0 Å². The average molecular weight is 289 g/mol. The highest BCUT2D eigenvalue weighted by Crippen LogP contribution is 2.30. The van der Waals surface area contributed by atoms with Crippen LogP contribution in [0.15, 0.2) is 24.3 Å². The maximum absolute atomic E-state index is 12.5. The summed E-state index contributed by atoms with van der Waals surface area (Å²) in [5, 5.41) is 3.34. The topological polar surface area (TPSA) is 21.3 Å². The molecule has 0 heterocycles. The van der Waals surface area contributed by atoms with Crippen molar-refractivity contribution in [3.05, 3.63) is 35.4 Å². The van der Waals surface area contributed by atoms with Gasteiger partial charge in [0, 0.05) is 19.3 Å². The molecule has 1 unspecified atom stereocenters. The van der Waals surface area contributed by atoms with Crippen LogP contribution in [0, 0.1) is 0 Å². The molecular weight excluding hydrogens is 267 g/mol. The SMILES string of the molecule is CCCNC(CCOCC)c1ccc(C(F)(F)F)cc1. The van der Waals surface area contributed by atoms with Gasteiger partial charge in [0.25, 0.3) is 0 Å². The van der Waals surface area contributed by atoms with E-state index in [1.165, 1.54) is 0 Å². The average Bonchev–Trinajstić information content (AvgIpc) is 2.42. The first-order valence-corrected chi connectivity index (χ1v) is 6.97. The van der Waals surface area contributed by atoms with Crippen LogP contribution in [0.3, 0.4) is 0 Å². The number of halogens is 3. The van der Waals surface area contributed by atoms with Crippen molar-refractivity contribution in [1.82, 2.24) is 5.32 Å². The van der Waals surface area contributed by atoms with Crippen molar-refractivity contribution in [2.45, 2.75) is 38.9 Å². The molecule has 0 fully saturated rings. The molecule has 1 aromatic carbocycles. The summed E-state index contributed by atoms with van der Waals surface area (Å²) in [5.74, 6) is 0. The summed E-state index contributed by atoms with van der Waals surface area (Å²) in [5.41, 5.74) is 0.256. The molecule has 1 aromatic rings. The van der Waals surface area contributed by atoms with E-state index >= 15 is 0 Å². The summed E-state index contributed by atoms with van der Waals surface area (Å²) in [6, 6.07) is 5.39. The molecule has 0 aliphatic heterocycles. The van der Waals surface area contributed by atoms with E-state index in [0.29, 0.717) is 13.2 Å². The number of hydrogen-bond donors (Lipinski definition) is 1. The van der Waals surface area contributed by atoms with E-state index in [1.54, 1.807) is 12.1 Å². The fourth-order valence-electron chi connectivity index (χ4n) is 1.96. The van der Waals surface area contributed by atoms with Crippen molar-refractivity contribution < 1.29 is 17.9 Å². The third-order valence-electron chi connectivity index (χ3n) is 3.04. The molecule has 0 aliphatic carbocycles. The molecule has 0 saturated heterocycles. The summed E-state index contributed by atoms with van der Waals surface area (Å²) < 4.78 is 42.9. The maximum atomic E-state index is 12.5. The quantitative estimate of drug-likeness (QED) is 0.725. The minimum atomic E-state index is -4.28. The summed E-state index contributed by atoms with van der Waals surface area (Å²) in [4.78, 5) is 0. The van der Waals surface area contributed by atoms with Gasteiger partial charge in [0.05, 0.1) is 5.56 Å². The predicted molar refractivity (Wildman–Crippen MR) is 73.6 cm³/mol. The maximum Gasteiger partial charge on any atom is 0.416 e. The Morgan fingerprint density at radius 2 is 1.80 bits per heavy atom. The highest BCUT2D eigenvalue weighted by Gasteiger charge is 2.30. The zero-order valence-corrected chi connectivity index (χ0v) is 12.0. The van der Waals surface area contributed by atoms with Crippen LogP contribution in [0.5, 0.6) is 0 Å². The normalized spacial score (nSPS) is 13.4. The number of benzene rings is 1. The Labute approximate surface area is 118 Å². The third kappa shape index (κ3) is 5.51. The van der Waals surface area contributed by atoms with Gasteiger partial charge in [0.2, 0.25) is 0 Å². The Morgan fingerprint density at radius 1 is 1.15 bits per heavy atom. The molecule has 1 N–H and O–H groups in total. The van der Waals surface area contributed by atoms with Gasteiger partial charge in [0.15, 0.2) is 0 Å². The van der Waals surface area contributed by atoms with Crippen LogP contribution >= 0.6 is 0 Å². The fourth-order valence-corrected chi connectivity index (χ4v) is 1.96. The number of hydrogen-bond acceptors (Lipinski definition) is 2. The number of nitrogens with one attached hydrogen (secondary N) is 1. The highest BCUT2D eigenvalue weighted by atomic mass is 19.4. The van der Waals surface area contributed by atoms with E-state index in [0.717, 1.165) is 37.1 Å². The summed E-state index contributed by atoms with van der Waals surface area (Å²) in [7, 11) is 0. The van der Waals surface area contributed by atoms with E-state index in [9.17, 15) is 13.2 Å². The van der Waals surface area contributed by atoms with Gasteiger partial charge in [-0.25, -0.2) is 0 Å². The van der Waals surface area contributed by atoms with Gasteiger partial charge < -0.3 is 10.1 Å². The van der Waals surface area contributed by atoms with Crippen LogP contribution in [0.2, 0.25) is 0 Å². The Kier molecular flexibility index (Phi) is 7.02. The number of ether oxygens (including phenoxy) is 1. The molecule has 1 rings (SSSR count).